The van der Waals surface area contributed by atoms with Crippen LogP contribution in [0.4, 0.5) is 0 Å². The number of amides is 2. The number of carbonyl (C=O) groups excluding carboxylic acids is 2. The van der Waals surface area contributed by atoms with E-state index in [1.807, 2.05) is 60.7 Å². The smallest absolute Gasteiger partial charge is 0.303 e. The van der Waals surface area contributed by atoms with E-state index < -0.39 is 28.1 Å². The molecule has 0 radical (unpaired) electrons. The molecule has 0 aromatic heterocycles. The van der Waals surface area contributed by atoms with Gasteiger partial charge in [-0.15, -0.1) is 0 Å². The van der Waals surface area contributed by atoms with Crippen LogP contribution in [0.25, 0.3) is 0 Å². The third kappa shape index (κ3) is 5.30. The number of methoxy groups -OCH3 is 1. The summed E-state index contributed by atoms with van der Waals surface area (Å²) in [5, 5.41) is 10.8. The van der Waals surface area contributed by atoms with Crippen LogP contribution in [-0.4, -0.2) is 61.8 Å². The Bertz CT molecular complexity index is 1350. The van der Waals surface area contributed by atoms with Gasteiger partial charge in [0.15, 0.2) is 11.5 Å². The van der Waals surface area contributed by atoms with Crippen molar-refractivity contribution < 1.29 is 27.9 Å². The van der Waals surface area contributed by atoms with Crippen molar-refractivity contribution >= 4 is 22.0 Å². The van der Waals surface area contributed by atoms with E-state index in [1.54, 1.807) is 12.1 Å². The molecule has 0 spiro atoms. The summed E-state index contributed by atoms with van der Waals surface area (Å²) >= 11 is 0. The Morgan fingerprint density at radius 2 is 1.57 bits per heavy atom. The van der Waals surface area contributed by atoms with Crippen LogP contribution in [-0.2, 0) is 32.8 Å². The molecule has 37 heavy (non-hydrogen) atoms. The predicted octanol–water partition coefficient (Wildman–Crippen LogP) is 2.41. The fourth-order valence-corrected chi connectivity index (χ4v) is 5.05. The minimum atomic E-state index is -4.11. The maximum Gasteiger partial charge on any atom is 0.303 e. The molecule has 2 amide bonds. The Balaban J connectivity index is 1.81. The highest BCUT2D eigenvalue weighted by Gasteiger charge is 2.41. The number of nitrogens with zero attached hydrogens (tertiary/aromatic N) is 2. The van der Waals surface area contributed by atoms with Crippen LogP contribution in [0.1, 0.15) is 28.2 Å². The third-order valence-corrected chi connectivity index (χ3v) is 7.91. The van der Waals surface area contributed by atoms with Crippen molar-refractivity contribution in [3.8, 4) is 11.5 Å². The first-order chi connectivity index (χ1) is 17.6. The predicted molar refractivity (Wildman–Crippen MR) is 138 cm³/mol. The summed E-state index contributed by atoms with van der Waals surface area (Å²) in [7, 11) is -0.101. The maximum atomic E-state index is 14.2. The van der Waals surface area contributed by atoms with Crippen LogP contribution in [0.15, 0.2) is 72.8 Å². The van der Waals surface area contributed by atoms with Crippen molar-refractivity contribution in [2.45, 2.75) is 24.9 Å². The highest BCUT2D eigenvalue weighted by atomic mass is 32.2. The molecular formula is C27H29N3O6S. The Kier molecular flexibility index (Phi) is 7.51. The summed E-state index contributed by atoms with van der Waals surface area (Å²) in [5.41, 5.74) is 2.55. The van der Waals surface area contributed by atoms with Crippen molar-refractivity contribution in [2.24, 2.45) is 0 Å². The van der Waals surface area contributed by atoms with Crippen molar-refractivity contribution in [2.75, 3.05) is 21.2 Å². The summed E-state index contributed by atoms with van der Waals surface area (Å²) in [4.78, 5) is 29.0. The zero-order valence-electron chi connectivity index (χ0n) is 20.8. The van der Waals surface area contributed by atoms with E-state index >= 15 is 0 Å². The molecule has 1 aliphatic heterocycles. The van der Waals surface area contributed by atoms with Gasteiger partial charge in [0.25, 0.3) is 5.91 Å². The first kappa shape index (κ1) is 26.2. The molecular weight excluding hydrogens is 494 g/mol. The standard InChI is InChI=1S/C27H29N3O6S/c1-29(2)37(34,35)28-26(32)22-16-21-20(14-15-23(36-3)25(21)31)17-30(22)27(33)24(18-10-6-4-7-11-18)19-12-8-5-9-13-19/h4-15,22,24,31H,16-17H2,1-3H3,(H,28,32)/t22-/m0/s1. The van der Waals surface area contributed by atoms with E-state index in [-0.39, 0.29) is 30.4 Å². The average Bonchev–Trinajstić information content (AvgIpc) is 2.89. The minimum Gasteiger partial charge on any atom is -0.504 e. The molecule has 1 aliphatic rings. The number of phenolic OH excluding ortho intramolecular Hbond substituents is 1. The Hall–Kier alpha value is -3.89. The number of benzene rings is 3. The third-order valence-electron chi connectivity index (χ3n) is 6.49. The SMILES string of the molecule is COc1ccc2c(c1O)C[C@@H](C(=O)NS(=O)(=O)N(C)C)N(C(=O)C(c1ccccc1)c1ccccc1)C2. The van der Waals surface area contributed by atoms with Crippen LogP contribution in [0.5, 0.6) is 11.5 Å². The summed E-state index contributed by atoms with van der Waals surface area (Å²) in [6.45, 7) is 0.00197. The van der Waals surface area contributed by atoms with Crippen molar-refractivity contribution in [1.29, 1.82) is 0 Å². The van der Waals surface area contributed by atoms with E-state index in [2.05, 4.69) is 4.72 Å². The van der Waals surface area contributed by atoms with E-state index in [0.29, 0.717) is 11.1 Å². The van der Waals surface area contributed by atoms with E-state index in [4.69, 9.17) is 4.74 Å². The monoisotopic (exact) mass is 523 g/mol. The number of carbonyl (C=O) groups is 2. The number of ether oxygens (including phenoxy) is 1. The van der Waals surface area contributed by atoms with Gasteiger partial charge in [0.2, 0.25) is 5.91 Å². The highest BCUT2D eigenvalue weighted by molar-refractivity contribution is 7.87. The number of phenols is 1. The maximum absolute atomic E-state index is 14.2. The van der Waals surface area contributed by atoms with Gasteiger partial charge in [0.1, 0.15) is 6.04 Å². The van der Waals surface area contributed by atoms with Crippen LogP contribution in [0.2, 0.25) is 0 Å². The lowest BCUT2D eigenvalue weighted by Crippen LogP contribution is -2.55. The molecule has 0 fully saturated rings. The fraction of sp³-hybridized carbons (Fsp3) is 0.259. The van der Waals surface area contributed by atoms with E-state index in [9.17, 15) is 23.1 Å². The van der Waals surface area contributed by atoms with Gasteiger partial charge in [-0.1, -0.05) is 66.7 Å². The zero-order chi connectivity index (χ0) is 26.7. The molecule has 1 atom stereocenters. The van der Waals surface area contributed by atoms with Crippen molar-refractivity contribution in [3.05, 3.63) is 95.1 Å². The Labute approximate surface area is 216 Å². The van der Waals surface area contributed by atoms with Crippen molar-refractivity contribution in [3.63, 3.8) is 0 Å². The molecule has 2 N–H and O–H groups in total. The topological polar surface area (TPSA) is 116 Å². The molecule has 0 bridgehead atoms. The summed E-state index contributed by atoms with van der Waals surface area (Å²) in [6, 6.07) is 20.6. The number of fused-ring (bicyclic) bond motifs is 1. The number of nitrogens with one attached hydrogen (secondary N) is 1. The summed E-state index contributed by atoms with van der Waals surface area (Å²) in [5.74, 6) is -1.86. The molecule has 9 nitrogen and oxygen atoms in total. The summed E-state index contributed by atoms with van der Waals surface area (Å²) in [6.07, 6.45) is -0.0881. The first-order valence-electron chi connectivity index (χ1n) is 11.7. The molecule has 0 saturated heterocycles. The minimum absolute atomic E-state index is 0.00197. The molecule has 0 aliphatic carbocycles. The molecule has 10 heteroatoms. The van der Waals surface area contributed by atoms with Gasteiger partial charge < -0.3 is 14.7 Å². The van der Waals surface area contributed by atoms with Gasteiger partial charge in [0, 0.05) is 32.6 Å². The van der Waals surface area contributed by atoms with Crippen LogP contribution < -0.4 is 9.46 Å². The molecule has 3 aromatic carbocycles. The zero-order valence-corrected chi connectivity index (χ0v) is 21.6. The molecule has 4 rings (SSSR count). The Morgan fingerprint density at radius 1 is 1.00 bits per heavy atom. The molecule has 1 heterocycles. The Morgan fingerprint density at radius 3 is 2.08 bits per heavy atom. The normalized spacial score (nSPS) is 15.4. The highest BCUT2D eigenvalue weighted by Crippen LogP contribution is 2.39. The van der Waals surface area contributed by atoms with Gasteiger partial charge >= 0.3 is 10.2 Å². The van der Waals surface area contributed by atoms with Gasteiger partial charge in [-0.3, -0.25) is 9.59 Å². The average molecular weight is 524 g/mol. The van der Waals surface area contributed by atoms with Gasteiger partial charge in [-0.2, -0.15) is 12.7 Å². The van der Waals surface area contributed by atoms with Crippen LogP contribution in [0.3, 0.4) is 0 Å². The first-order valence-corrected chi connectivity index (χ1v) is 13.1. The summed E-state index contributed by atoms with van der Waals surface area (Å²) < 4.78 is 33.1. The van der Waals surface area contributed by atoms with Gasteiger partial charge in [-0.05, 0) is 22.8 Å². The van der Waals surface area contributed by atoms with Gasteiger partial charge in [-0.25, -0.2) is 4.72 Å². The second kappa shape index (κ2) is 10.6. The lowest BCUT2D eigenvalue weighted by atomic mass is 9.86. The number of aromatic hydroxyl groups is 1. The van der Waals surface area contributed by atoms with Crippen LogP contribution >= 0.6 is 0 Å². The number of hydrogen-bond donors (Lipinski definition) is 2. The fourth-order valence-electron chi connectivity index (χ4n) is 4.48. The number of rotatable bonds is 7. The van der Waals surface area contributed by atoms with Crippen molar-refractivity contribution in [1.82, 2.24) is 13.9 Å². The lowest BCUT2D eigenvalue weighted by Gasteiger charge is -2.38. The largest absolute Gasteiger partial charge is 0.504 e. The quantitative estimate of drug-likeness (QED) is 0.491. The molecule has 0 unspecified atom stereocenters. The molecule has 3 aromatic rings. The lowest BCUT2D eigenvalue weighted by molar-refractivity contribution is -0.141. The van der Waals surface area contributed by atoms with Gasteiger partial charge in [0.05, 0.1) is 13.0 Å². The number of hydrogen-bond acceptors (Lipinski definition) is 6. The second-order valence-electron chi connectivity index (χ2n) is 8.95. The molecule has 0 saturated carbocycles. The van der Waals surface area contributed by atoms with Crippen LogP contribution in [0, 0.1) is 0 Å². The van der Waals surface area contributed by atoms with E-state index in [1.165, 1.54) is 26.1 Å². The van der Waals surface area contributed by atoms with E-state index in [0.717, 1.165) is 15.4 Å². The molecule has 194 valence electrons. The second-order valence-corrected chi connectivity index (χ2v) is 10.8.